The van der Waals surface area contributed by atoms with Gasteiger partial charge in [-0.1, -0.05) is 11.8 Å². The zero-order valence-electron chi connectivity index (χ0n) is 16.7. The first kappa shape index (κ1) is 25.0. The second kappa shape index (κ2) is 8.82. The van der Waals surface area contributed by atoms with Gasteiger partial charge in [-0.25, -0.2) is 19.4 Å². The van der Waals surface area contributed by atoms with Crippen LogP contribution >= 0.6 is 34.4 Å². The van der Waals surface area contributed by atoms with Crippen molar-refractivity contribution >= 4 is 51.1 Å². The molecule has 1 amide bonds. The third-order valence-electron chi connectivity index (χ3n) is 5.37. The number of nitrogens with one attached hydrogen (secondary N) is 1. The van der Waals surface area contributed by atoms with Crippen molar-refractivity contribution in [1.82, 2.24) is 9.97 Å². The number of nitrogens with zero attached hydrogens (tertiary/aromatic N) is 3. The molecule has 2 aliphatic heterocycles. The third-order valence-corrected chi connectivity index (χ3v) is 6.84. The quantitative estimate of drug-likeness (QED) is 0.303. The average Bonchev–Trinajstić information content (AvgIpc) is 3.14. The smallest absolute Gasteiger partial charge is 0.379 e. The second-order valence-corrected chi connectivity index (χ2v) is 9.89. The van der Waals surface area contributed by atoms with E-state index >= 15 is 0 Å². The first-order valence-electron chi connectivity index (χ1n) is 9.48. The van der Waals surface area contributed by atoms with Crippen LogP contribution in [0.5, 0.6) is 0 Å². The Morgan fingerprint density at radius 2 is 1.97 bits per heavy atom. The Balaban J connectivity index is 1.66. The fraction of sp³-hybridized carbons (Fsp3) is 0.368. The lowest BCUT2D eigenvalue weighted by Gasteiger charge is -2.36. The van der Waals surface area contributed by atoms with Crippen LogP contribution < -0.4 is 11.1 Å². The predicted molar refractivity (Wildman–Crippen MR) is 119 cm³/mol. The molecular formula is C19H14F6IN5O2S. The number of fused-ring (bicyclic) bond motifs is 1. The summed E-state index contributed by atoms with van der Waals surface area (Å²) in [4.78, 5) is 23.8. The Hall–Kier alpha value is -2.14. The van der Waals surface area contributed by atoms with Crippen molar-refractivity contribution in [1.29, 1.82) is 0 Å². The molecule has 0 unspecified atom stereocenters. The van der Waals surface area contributed by atoms with Crippen LogP contribution in [0.4, 0.5) is 32.0 Å². The van der Waals surface area contributed by atoms with Gasteiger partial charge in [-0.3, -0.25) is 4.79 Å². The highest BCUT2D eigenvalue weighted by molar-refractivity contribution is 14.1. The number of ether oxygens (including phenoxy) is 1. The molecule has 3 heterocycles. The minimum atomic E-state index is -4.70. The number of aliphatic imine (C=N–C) groups is 1. The number of carbonyl (C=O) groups excluding carboxylic acids is 1. The molecule has 0 spiro atoms. The van der Waals surface area contributed by atoms with Crippen molar-refractivity contribution in [3.8, 4) is 0 Å². The highest BCUT2D eigenvalue weighted by Crippen LogP contribution is 2.52. The molecule has 7 nitrogen and oxygen atoms in total. The Labute approximate surface area is 206 Å². The lowest BCUT2D eigenvalue weighted by molar-refractivity contribution is -0.215. The number of alkyl halides is 6. The number of hydrogen-bond donors (Lipinski definition) is 2. The van der Waals surface area contributed by atoms with Gasteiger partial charge < -0.3 is 15.8 Å². The SMILES string of the molecule is NC1=N[C@@]2(c3cc(NC(=O)c4cnc(C(F)(F)I)cn4)ccc3F)CO[C@H](C(F)(F)F)[C@H]2CS1. The summed E-state index contributed by atoms with van der Waals surface area (Å²) in [6, 6.07) is 3.30. The van der Waals surface area contributed by atoms with Crippen LogP contribution in [-0.2, 0) is 14.2 Å². The summed E-state index contributed by atoms with van der Waals surface area (Å²) in [5.41, 5.74) is 2.87. The maximum Gasteiger partial charge on any atom is 0.415 e. The molecule has 3 N–H and O–H groups in total. The predicted octanol–water partition coefficient (Wildman–Crippen LogP) is 4.19. The van der Waals surface area contributed by atoms with E-state index in [0.717, 1.165) is 58.9 Å². The van der Waals surface area contributed by atoms with Crippen LogP contribution in [0.3, 0.4) is 0 Å². The van der Waals surface area contributed by atoms with Crippen molar-refractivity contribution in [3.63, 3.8) is 0 Å². The largest absolute Gasteiger partial charge is 0.415 e. The summed E-state index contributed by atoms with van der Waals surface area (Å²) in [6.07, 6.45) is -5.28. The molecule has 0 bridgehead atoms. The minimum Gasteiger partial charge on any atom is -0.379 e. The Morgan fingerprint density at radius 3 is 2.59 bits per heavy atom. The van der Waals surface area contributed by atoms with Crippen LogP contribution in [0.25, 0.3) is 0 Å². The minimum absolute atomic E-state index is 0.0149. The van der Waals surface area contributed by atoms with E-state index in [0.29, 0.717) is 0 Å². The van der Waals surface area contributed by atoms with Crippen molar-refractivity contribution in [2.24, 2.45) is 16.6 Å². The van der Waals surface area contributed by atoms with E-state index in [1.54, 1.807) is 0 Å². The van der Waals surface area contributed by atoms with Gasteiger partial charge in [-0.2, -0.15) is 22.0 Å². The highest BCUT2D eigenvalue weighted by atomic mass is 127. The van der Waals surface area contributed by atoms with Crippen LogP contribution in [-0.4, -0.2) is 45.7 Å². The third kappa shape index (κ3) is 4.68. The topological polar surface area (TPSA) is 102 Å². The number of amides is 1. The van der Waals surface area contributed by atoms with Gasteiger partial charge in [-0.15, -0.1) is 0 Å². The molecule has 0 radical (unpaired) electrons. The summed E-state index contributed by atoms with van der Waals surface area (Å²) < 4.78 is 83.8. The molecule has 2 aliphatic rings. The molecule has 0 aliphatic carbocycles. The maximum atomic E-state index is 14.9. The van der Waals surface area contributed by atoms with Gasteiger partial charge in [-0.05, 0) is 18.2 Å². The molecule has 15 heteroatoms. The molecule has 4 rings (SSSR count). The average molecular weight is 617 g/mol. The zero-order chi connectivity index (χ0) is 24.9. The van der Waals surface area contributed by atoms with Crippen LogP contribution in [0.15, 0.2) is 35.6 Å². The lowest BCUT2D eigenvalue weighted by Crippen LogP contribution is -2.46. The van der Waals surface area contributed by atoms with Crippen LogP contribution in [0.2, 0.25) is 0 Å². The van der Waals surface area contributed by atoms with Crippen molar-refractivity contribution in [2.45, 2.75) is 21.7 Å². The van der Waals surface area contributed by atoms with Gasteiger partial charge in [0.1, 0.15) is 22.7 Å². The number of rotatable bonds is 4. The number of nitrogens with two attached hydrogens (primary N) is 1. The zero-order valence-corrected chi connectivity index (χ0v) is 19.7. The Morgan fingerprint density at radius 1 is 1.24 bits per heavy atom. The second-order valence-electron chi connectivity index (χ2n) is 7.50. The van der Waals surface area contributed by atoms with E-state index in [9.17, 15) is 31.1 Å². The number of halogens is 7. The molecule has 1 aromatic heterocycles. The molecule has 1 aromatic carbocycles. The van der Waals surface area contributed by atoms with Crippen molar-refractivity contribution in [2.75, 3.05) is 17.7 Å². The molecule has 34 heavy (non-hydrogen) atoms. The number of anilines is 1. The molecule has 1 fully saturated rings. The number of amidine groups is 1. The number of benzene rings is 1. The highest BCUT2D eigenvalue weighted by Gasteiger charge is 2.62. The van der Waals surface area contributed by atoms with Crippen LogP contribution in [0, 0.1) is 11.7 Å². The van der Waals surface area contributed by atoms with Crippen LogP contribution in [0.1, 0.15) is 21.7 Å². The van der Waals surface area contributed by atoms with Gasteiger partial charge >= 0.3 is 10.1 Å². The number of carbonyl (C=O) groups is 1. The number of hydrogen-bond acceptors (Lipinski definition) is 7. The summed E-state index contributed by atoms with van der Waals surface area (Å²) >= 11 is 1.78. The molecule has 2 aromatic rings. The van der Waals surface area contributed by atoms with E-state index in [-0.39, 0.29) is 27.9 Å². The van der Waals surface area contributed by atoms with E-state index in [4.69, 9.17) is 10.5 Å². The van der Waals surface area contributed by atoms with Gasteiger partial charge in [0.2, 0.25) is 0 Å². The van der Waals surface area contributed by atoms with Crippen molar-refractivity contribution < 1.29 is 35.9 Å². The standard InChI is InChI=1S/C19H14F6IN5O2S/c20-11-2-1-8(30-15(32)12-4-29-13(5-28-12)19(24,25)26)3-9(11)17-7-33-14(18(21,22)23)10(17)6-34-16(27)31-17/h1-5,10,14H,6-7H2,(H2,27,31)(H,30,32)/t10-,14+,17-/m1/s1. The lowest BCUT2D eigenvalue weighted by atomic mass is 9.78. The van der Waals surface area contributed by atoms with E-state index < -0.39 is 51.7 Å². The summed E-state index contributed by atoms with van der Waals surface area (Å²) in [5.74, 6) is -3.05. The summed E-state index contributed by atoms with van der Waals surface area (Å²) in [6.45, 7) is -0.561. The van der Waals surface area contributed by atoms with Gasteiger partial charge in [0.05, 0.1) is 19.0 Å². The first-order valence-corrected chi connectivity index (χ1v) is 11.5. The van der Waals surface area contributed by atoms with Gasteiger partial charge in [0.15, 0.2) is 11.3 Å². The molecule has 3 atom stereocenters. The summed E-state index contributed by atoms with van der Waals surface area (Å²) in [5, 5.41) is 2.39. The fourth-order valence-electron chi connectivity index (χ4n) is 3.82. The maximum absolute atomic E-state index is 14.9. The normalized spacial score (nSPS) is 25.0. The molecule has 0 saturated carbocycles. The molecular weight excluding hydrogens is 603 g/mol. The summed E-state index contributed by atoms with van der Waals surface area (Å²) in [7, 11) is 0. The Kier molecular flexibility index (Phi) is 6.48. The number of aromatic nitrogens is 2. The van der Waals surface area contributed by atoms with Gasteiger partial charge in [0.25, 0.3) is 5.91 Å². The van der Waals surface area contributed by atoms with E-state index in [1.807, 2.05) is 0 Å². The van der Waals surface area contributed by atoms with E-state index in [1.165, 1.54) is 6.07 Å². The monoisotopic (exact) mass is 617 g/mol. The molecule has 182 valence electrons. The van der Waals surface area contributed by atoms with Crippen molar-refractivity contribution in [3.05, 3.63) is 53.4 Å². The van der Waals surface area contributed by atoms with E-state index in [2.05, 4.69) is 20.3 Å². The molecule has 1 saturated heterocycles. The van der Waals surface area contributed by atoms with Gasteiger partial charge in [0, 0.05) is 45.5 Å². The Bertz CT molecular complexity index is 1140. The number of thioether (sulfide) groups is 1. The fourth-order valence-corrected chi connectivity index (χ4v) is 5.12. The first-order chi connectivity index (χ1) is 15.8.